The average molecular weight is 1480 g/mol. The first-order valence-electron chi connectivity index (χ1n) is 34.2. The molecule has 0 radical (unpaired) electrons. The molecule has 2 fully saturated rings. The Labute approximate surface area is 594 Å². The summed E-state index contributed by atoms with van der Waals surface area (Å²) in [7, 11) is 0. The number of hydrogen-bond acceptors (Lipinski definition) is 9. The number of benzene rings is 4. The van der Waals surface area contributed by atoms with E-state index < -0.39 is 142 Å². The number of pyridine rings is 2. The Balaban J connectivity index is 0.000000291. The molecule has 104 heavy (non-hydrogen) atoms. The molecule has 2 amide bonds. The van der Waals surface area contributed by atoms with E-state index in [-0.39, 0.29) is 79.5 Å². The molecule has 3 N–H and O–H groups in total. The van der Waals surface area contributed by atoms with Crippen molar-refractivity contribution in [2.24, 2.45) is 23.7 Å². The molecule has 568 valence electrons. The van der Waals surface area contributed by atoms with Crippen LogP contribution >= 0.6 is 0 Å². The molecule has 6 aromatic rings. The van der Waals surface area contributed by atoms with E-state index >= 15 is 8.78 Å². The van der Waals surface area contributed by atoms with E-state index in [1.165, 1.54) is 6.92 Å². The van der Waals surface area contributed by atoms with Gasteiger partial charge in [-0.25, -0.2) is 8.78 Å². The van der Waals surface area contributed by atoms with Gasteiger partial charge in [0.05, 0.1) is 53.8 Å². The quantitative estimate of drug-likeness (QED) is 0.0370. The fourth-order valence-corrected chi connectivity index (χ4v) is 14.1. The number of aliphatic carboxylic acids is 1. The van der Waals surface area contributed by atoms with Gasteiger partial charge in [-0.2, -0.15) is 52.7 Å². The molecule has 0 bridgehead atoms. The average Bonchev–Trinajstić information content (AvgIpc) is 0.780. The predicted octanol–water partition coefficient (Wildman–Crippen LogP) is 16.5. The summed E-state index contributed by atoms with van der Waals surface area (Å²) in [5, 5.41) is 14.6. The normalized spacial score (nSPS) is 15.4. The van der Waals surface area contributed by atoms with Crippen molar-refractivity contribution in [1.82, 2.24) is 29.6 Å². The molecule has 2 aromatic heterocycles. The van der Waals surface area contributed by atoms with Gasteiger partial charge in [-0.3, -0.25) is 28.8 Å². The summed E-state index contributed by atoms with van der Waals surface area (Å²) >= 11 is 0. The van der Waals surface area contributed by atoms with E-state index in [2.05, 4.69) is 10.6 Å². The van der Waals surface area contributed by atoms with Gasteiger partial charge in [-0.05, 0) is 178 Å². The standard InChI is InChI=1S/C39H46F7N3O4.C37H42F7N3O4/c1-8-53-34(51)17-31(28-14-27(15-30(36(28)40)39(44,45)46)35-24(6)12-22(4)13-25(35)7)47-37(52)32(11-21(2)3)49-20-26(9-10-48-18-23(5)19-48)29(16-33(49)50)38(41,42)43;1-19(2)9-30(47-18-24(7-8-46-16-21(4)17-46)27(14-31(47)48)36(39,40)41)35(51)45-29(15-32(49)50)26-12-25(13-28(34(26)38)37(42,43)44)33-22(5)10-20(3)11-23(33)6/h12-16,20-21,23,31-32H,8-11,17-19H2,1-7H3,(H,47,52);10-14,18-19,21,29-30H,7-9,15-17H2,1-6H3,(H,45,51)(H,49,50)/t31-,32?;29-,30?/m00/s1. The number of esters is 1. The highest BCUT2D eigenvalue weighted by Gasteiger charge is 2.43. The summed E-state index contributed by atoms with van der Waals surface area (Å²) in [5.74, 6) is -7.94. The van der Waals surface area contributed by atoms with Crippen molar-refractivity contribution in [3.05, 3.63) is 183 Å². The van der Waals surface area contributed by atoms with Crippen LogP contribution in [0.15, 0.2) is 82.6 Å². The summed E-state index contributed by atoms with van der Waals surface area (Å²) in [6.45, 7) is 25.9. The minimum absolute atomic E-state index is 0.00856. The molecular formula is C76H88F14N6O8. The second-order valence-corrected chi connectivity index (χ2v) is 28.6. The van der Waals surface area contributed by atoms with Crippen LogP contribution in [-0.2, 0) is 61.5 Å². The third kappa shape index (κ3) is 20.8. The lowest BCUT2D eigenvalue weighted by Gasteiger charge is -2.37. The van der Waals surface area contributed by atoms with Gasteiger partial charge in [0.2, 0.25) is 11.8 Å². The van der Waals surface area contributed by atoms with Crippen LogP contribution in [0.4, 0.5) is 61.5 Å². The zero-order chi connectivity index (χ0) is 77.7. The molecule has 0 aliphatic carbocycles. The molecule has 4 heterocycles. The van der Waals surface area contributed by atoms with Gasteiger partial charge in [0.15, 0.2) is 0 Å². The number of carbonyl (C=O) groups excluding carboxylic acids is 3. The Morgan fingerprint density at radius 3 is 1.12 bits per heavy atom. The number of carbonyl (C=O) groups is 4. The van der Waals surface area contributed by atoms with Crippen molar-refractivity contribution in [3.63, 3.8) is 0 Å². The molecule has 0 saturated carbocycles. The Kier molecular flexibility index (Phi) is 26.6. The molecule has 2 unspecified atom stereocenters. The number of carboxylic acid groups (broad SMARTS) is 1. The van der Waals surface area contributed by atoms with Gasteiger partial charge in [-0.15, -0.1) is 0 Å². The van der Waals surface area contributed by atoms with Crippen molar-refractivity contribution in [1.29, 1.82) is 0 Å². The maximum atomic E-state index is 16.1. The minimum Gasteiger partial charge on any atom is -0.481 e. The van der Waals surface area contributed by atoms with E-state index in [0.29, 0.717) is 95.7 Å². The number of amides is 2. The number of hydrogen-bond donors (Lipinski definition) is 3. The van der Waals surface area contributed by atoms with Crippen molar-refractivity contribution in [2.45, 2.75) is 177 Å². The number of likely N-dealkylation sites (tertiary alicyclic amines) is 2. The molecule has 14 nitrogen and oxygen atoms in total. The van der Waals surface area contributed by atoms with Gasteiger partial charge >= 0.3 is 36.6 Å². The predicted molar refractivity (Wildman–Crippen MR) is 364 cm³/mol. The Bertz CT molecular complexity index is 4210. The molecule has 8 rings (SSSR count). The van der Waals surface area contributed by atoms with Gasteiger partial charge in [0.25, 0.3) is 11.1 Å². The van der Waals surface area contributed by atoms with E-state index in [4.69, 9.17) is 4.74 Å². The minimum atomic E-state index is -5.20. The van der Waals surface area contributed by atoms with Crippen LogP contribution in [0.2, 0.25) is 0 Å². The molecule has 4 atom stereocenters. The number of halogens is 14. The lowest BCUT2D eigenvalue weighted by atomic mass is 9.89. The highest BCUT2D eigenvalue weighted by atomic mass is 19.4. The van der Waals surface area contributed by atoms with Crippen molar-refractivity contribution < 1.29 is 90.5 Å². The second-order valence-electron chi connectivity index (χ2n) is 28.6. The first-order chi connectivity index (χ1) is 48.2. The maximum Gasteiger partial charge on any atom is 0.419 e. The summed E-state index contributed by atoms with van der Waals surface area (Å²) in [6.07, 6.45) is -20.3. The molecule has 4 aromatic carbocycles. The maximum absolute atomic E-state index is 16.1. The first-order valence-corrected chi connectivity index (χ1v) is 34.2. The highest BCUT2D eigenvalue weighted by Crippen LogP contribution is 2.44. The second kappa shape index (κ2) is 33.4. The third-order valence-corrected chi connectivity index (χ3v) is 18.5. The Morgan fingerprint density at radius 1 is 0.510 bits per heavy atom. The zero-order valence-electron chi connectivity index (χ0n) is 60.1. The summed E-state index contributed by atoms with van der Waals surface area (Å²) in [6, 6.07) is 4.81. The van der Waals surface area contributed by atoms with Gasteiger partial charge in [-0.1, -0.05) is 76.9 Å². The number of nitrogens with zero attached hydrogens (tertiary/aromatic N) is 4. The number of ether oxygens (including phenoxy) is 1. The summed E-state index contributed by atoms with van der Waals surface area (Å²) in [4.78, 5) is 83.6. The Morgan fingerprint density at radius 2 is 0.837 bits per heavy atom. The van der Waals surface area contributed by atoms with E-state index in [0.717, 1.165) is 44.8 Å². The SMILES string of the molecule is CCOC(=O)C[C@H](NC(=O)C(CC(C)C)n1cc(CCN2CC(C)C2)c(C(F)(F)F)cc1=O)c1cc(-c2c(C)cc(C)cc2C)cc(C(F)(F)F)c1F.Cc1cc(C)c(-c2cc([C@H](CC(=O)O)NC(=O)C(CC(C)C)n3cc(CCN4CC(C)C4)c(C(F)(F)F)cc3=O)c(F)c(C(F)(F)F)c2)c(C)c1. The molecule has 0 spiro atoms. The van der Waals surface area contributed by atoms with Crippen LogP contribution < -0.4 is 21.8 Å². The van der Waals surface area contributed by atoms with Gasteiger partial charge in [0, 0.05) is 74.9 Å². The van der Waals surface area contributed by atoms with Gasteiger partial charge < -0.3 is 39.4 Å². The molecule has 2 aliphatic heterocycles. The summed E-state index contributed by atoms with van der Waals surface area (Å²) in [5.41, 5.74) is -4.93. The number of aromatic nitrogens is 2. The number of rotatable bonds is 25. The fourth-order valence-electron chi connectivity index (χ4n) is 14.1. The lowest BCUT2D eigenvalue weighted by Crippen LogP contribution is -2.46. The van der Waals surface area contributed by atoms with Crippen LogP contribution in [0.25, 0.3) is 22.3 Å². The number of nitrogens with one attached hydrogen (secondary N) is 2. The van der Waals surface area contributed by atoms with Crippen LogP contribution in [-0.4, -0.2) is 93.7 Å². The molecule has 28 heteroatoms. The lowest BCUT2D eigenvalue weighted by molar-refractivity contribution is -0.144. The van der Waals surface area contributed by atoms with Gasteiger partial charge in [0.1, 0.15) is 23.7 Å². The number of alkyl halides is 12. The van der Waals surface area contributed by atoms with Crippen LogP contribution in [0.1, 0.15) is 176 Å². The van der Waals surface area contributed by atoms with E-state index in [9.17, 15) is 86.6 Å². The highest BCUT2D eigenvalue weighted by molar-refractivity contribution is 5.83. The third-order valence-electron chi connectivity index (χ3n) is 18.5. The van der Waals surface area contributed by atoms with Crippen LogP contribution in [0.5, 0.6) is 0 Å². The molecule has 2 aliphatic rings. The fraction of sp³-hybridized carbons (Fsp3) is 0.500. The van der Waals surface area contributed by atoms with E-state index in [1.54, 1.807) is 86.6 Å². The zero-order valence-corrected chi connectivity index (χ0v) is 60.1. The van der Waals surface area contributed by atoms with Crippen molar-refractivity contribution >= 4 is 23.8 Å². The van der Waals surface area contributed by atoms with Crippen molar-refractivity contribution in [3.8, 4) is 22.3 Å². The Hall–Kier alpha value is -8.40. The van der Waals surface area contributed by atoms with Crippen LogP contribution in [0, 0.1) is 76.8 Å². The monoisotopic (exact) mass is 1480 g/mol. The summed E-state index contributed by atoms with van der Waals surface area (Å²) < 4.78 is 209. The largest absolute Gasteiger partial charge is 0.481 e. The number of aryl methyl sites for hydroxylation is 6. The van der Waals surface area contributed by atoms with Crippen molar-refractivity contribution in [2.75, 3.05) is 45.9 Å². The first kappa shape index (κ1) is 82.9. The smallest absolute Gasteiger partial charge is 0.419 e. The van der Waals surface area contributed by atoms with E-state index in [1.807, 2.05) is 30.6 Å². The molecule has 2 saturated heterocycles. The number of carboxylic acids is 1. The van der Waals surface area contributed by atoms with Crippen LogP contribution in [0.3, 0.4) is 0 Å². The topological polar surface area (TPSA) is 172 Å². The molecular weight excluding hydrogens is 1390 g/mol.